The summed E-state index contributed by atoms with van der Waals surface area (Å²) in [6, 6.07) is 12.3. The number of aliphatic hydroxyl groups excluding tert-OH is 1. The minimum absolute atomic E-state index is 0.00602. The molecule has 0 unspecified atom stereocenters. The van der Waals surface area contributed by atoms with E-state index < -0.39 is 23.1 Å². The molecule has 2 aromatic carbocycles. The van der Waals surface area contributed by atoms with Gasteiger partial charge in [-0.25, -0.2) is 0 Å². The van der Waals surface area contributed by atoms with Crippen molar-refractivity contribution in [3.8, 4) is 5.75 Å². The Balaban J connectivity index is 1.77. The van der Waals surface area contributed by atoms with Crippen molar-refractivity contribution in [2.75, 3.05) is 31.7 Å². The summed E-state index contributed by atoms with van der Waals surface area (Å²) in [4.78, 5) is 43.9. The van der Waals surface area contributed by atoms with Crippen molar-refractivity contribution in [2.24, 2.45) is 0 Å². The van der Waals surface area contributed by atoms with Crippen LogP contribution in [-0.2, 0) is 31.1 Å². The zero-order valence-electron chi connectivity index (χ0n) is 20.0. The van der Waals surface area contributed by atoms with Gasteiger partial charge in [-0.05, 0) is 43.2 Å². The lowest BCUT2D eigenvalue weighted by atomic mass is 9.81. The van der Waals surface area contributed by atoms with Crippen molar-refractivity contribution in [1.82, 2.24) is 4.90 Å². The molecule has 1 spiro atoms. The maximum atomic E-state index is 14.2. The first kappa shape index (κ1) is 23.1. The second kappa shape index (κ2) is 8.53. The molecule has 8 heteroatoms. The molecule has 2 amide bonds. The second-order valence-electron chi connectivity index (χ2n) is 9.14. The number of likely N-dealkylation sites (tertiary alicyclic amines) is 1. The van der Waals surface area contributed by atoms with Crippen LogP contribution in [0.15, 0.2) is 48.0 Å². The fourth-order valence-corrected chi connectivity index (χ4v) is 5.51. The van der Waals surface area contributed by atoms with E-state index in [1.807, 2.05) is 26.0 Å². The van der Waals surface area contributed by atoms with Gasteiger partial charge in [-0.1, -0.05) is 25.1 Å². The average Bonchev–Trinajstić information content (AvgIpc) is 3.42. The highest BCUT2D eigenvalue weighted by molar-refractivity contribution is 6.50. The van der Waals surface area contributed by atoms with Crippen LogP contribution < -0.4 is 9.64 Å². The molecule has 182 valence electrons. The van der Waals surface area contributed by atoms with E-state index in [-0.39, 0.29) is 30.6 Å². The van der Waals surface area contributed by atoms with Crippen molar-refractivity contribution < 1.29 is 29.0 Å². The van der Waals surface area contributed by atoms with Crippen LogP contribution in [0.1, 0.15) is 37.0 Å². The normalized spacial score (nSPS) is 24.3. The van der Waals surface area contributed by atoms with Crippen LogP contribution in [0.25, 0.3) is 5.76 Å². The lowest BCUT2D eigenvalue weighted by Crippen LogP contribution is -2.52. The number of benzene rings is 2. The highest BCUT2D eigenvalue weighted by Crippen LogP contribution is 2.53. The van der Waals surface area contributed by atoms with Crippen LogP contribution in [0.4, 0.5) is 5.69 Å². The minimum atomic E-state index is -1.76. The number of Topliss-reactive ketones (excluding diaryl/α,β-unsaturated/α-hetero) is 1. The van der Waals surface area contributed by atoms with E-state index in [0.717, 1.165) is 11.3 Å². The number of ketones is 1. The monoisotopic (exact) mass is 476 g/mol. The van der Waals surface area contributed by atoms with Crippen LogP contribution >= 0.6 is 0 Å². The summed E-state index contributed by atoms with van der Waals surface area (Å²) in [7, 11) is 1.49. The summed E-state index contributed by atoms with van der Waals surface area (Å²) in [6.45, 7) is 4.48. The van der Waals surface area contributed by atoms with E-state index in [9.17, 15) is 19.5 Å². The maximum absolute atomic E-state index is 14.2. The van der Waals surface area contributed by atoms with Gasteiger partial charge in [-0.3, -0.25) is 14.4 Å². The van der Waals surface area contributed by atoms with Crippen LogP contribution in [0.2, 0.25) is 0 Å². The molecule has 5 rings (SSSR count). The van der Waals surface area contributed by atoms with Gasteiger partial charge in [0.15, 0.2) is 5.54 Å². The first-order valence-electron chi connectivity index (χ1n) is 11.9. The summed E-state index contributed by atoms with van der Waals surface area (Å²) in [5.74, 6) is -1.78. The number of nitrogens with zero attached hydrogens (tertiary/aromatic N) is 2. The summed E-state index contributed by atoms with van der Waals surface area (Å²) < 4.78 is 11.0. The molecule has 3 heterocycles. The third-order valence-electron chi connectivity index (χ3n) is 6.94. The van der Waals surface area contributed by atoms with Gasteiger partial charge in [0.05, 0.1) is 17.9 Å². The number of rotatable bonds is 6. The number of fused-ring (bicyclic) bond motifs is 3. The van der Waals surface area contributed by atoms with Gasteiger partial charge < -0.3 is 24.4 Å². The molecule has 0 saturated carbocycles. The number of anilines is 1. The Labute approximate surface area is 203 Å². The second-order valence-corrected chi connectivity index (χ2v) is 9.14. The molecule has 3 aliphatic heterocycles. The van der Waals surface area contributed by atoms with Crippen molar-refractivity contribution in [3.05, 3.63) is 64.7 Å². The molecule has 0 aromatic heterocycles. The minimum Gasteiger partial charge on any atom is -0.507 e. The predicted molar refractivity (Wildman–Crippen MR) is 129 cm³/mol. The summed E-state index contributed by atoms with van der Waals surface area (Å²) in [5, 5.41) is 11.6. The number of carbonyl (C=O) groups excluding carboxylic acids is 3. The Kier molecular flexibility index (Phi) is 5.63. The van der Waals surface area contributed by atoms with Crippen molar-refractivity contribution in [1.29, 1.82) is 0 Å². The number of hydrogen-bond acceptors (Lipinski definition) is 6. The number of carbonyl (C=O) groups is 3. The molecule has 3 aliphatic rings. The summed E-state index contributed by atoms with van der Waals surface area (Å²) >= 11 is 0. The molecule has 1 saturated heterocycles. The first-order valence-corrected chi connectivity index (χ1v) is 11.9. The Hall–Kier alpha value is -3.65. The van der Waals surface area contributed by atoms with Gasteiger partial charge >= 0.3 is 0 Å². The quantitative estimate of drug-likeness (QED) is 0.391. The zero-order chi connectivity index (χ0) is 24.9. The number of hydrogen-bond donors (Lipinski definition) is 1. The van der Waals surface area contributed by atoms with E-state index in [2.05, 4.69) is 0 Å². The van der Waals surface area contributed by atoms with Gasteiger partial charge in [0.25, 0.3) is 17.6 Å². The third kappa shape index (κ3) is 3.20. The maximum Gasteiger partial charge on any atom is 0.296 e. The fourth-order valence-electron chi connectivity index (χ4n) is 5.51. The van der Waals surface area contributed by atoms with Crippen LogP contribution in [-0.4, -0.2) is 60.5 Å². The van der Waals surface area contributed by atoms with E-state index in [0.29, 0.717) is 36.2 Å². The first-order chi connectivity index (χ1) is 16.9. The van der Waals surface area contributed by atoms with Crippen LogP contribution in [0, 0.1) is 0 Å². The summed E-state index contributed by atoms with van der Waals surface area (Å²) in [6.07, 6.45) is 1.35. The summed E-state index contributed by atoms with van der Waals surface area (Å²) in [5.41, 5.74) is 0.436. The van der Waals surface area contributed by atoms with Gasteiger partial charge in [-0.2, -0.15) is 0 Å². The van der Waals surface area contributed by atoms with Gasteiger partial charge in [-0.15, -0.1) is 0 Å². The highest BCUT2D eigenvalue weighted by atomic mass is 16.5. The van der Waals surface area contributed by atoms with Gasteiger partial charge in [0.2, 0.25) is 0 Å². The third-order valence-corrected chi connectivity index (χ3v) is 6.94. The van der Waals surface area contributed by atoms with E-state index in [1.54, 1.807) is 35.2 Å². The largest absolute Gasteiger partial charge is 0.507 e. The topological polar surface area (TPSA) is 96.4 Å². The molecule has 35 heavy (non-hydrogen) atoms. The molecule has 1 N–H and O–H groups in total. The lowest BCUT2D eigenvalue weighted by molar-refractivity contribution is -0.144. The number of para-hydroxylation sites is 1. The zero-order valence-corrected chi connectivity index (χ0v) is 20.0. The molecule has 0 aliphatic carbocycles. The molecule has 0 radical (unpaired) electrons. The Morgan fingerprint density at radius 2 is 1.94 bits per heavy atom. The molecule has 8 nitrogen and oxygen atoms in total. The van der Waals surface area contributed by atoms with Crippen LogP contribution in [0.3, 0.4) is 0 Å². The van der Waals surface area contributed by atoms with Gasteiger partial charge in [0.1, 0.15) is 17.6 Å². The van der Waals surface area contributed by atoms with Crippen LogP contribution in [0.5, 0.6) is 5.75 Å². The van der Waals surface area contributed by atoms with E-state index >= 15 is 0 Å². The SMILES string of the molecule is CCCN1C(=O)[C@]2(C(=C(O)c3ccc4c(c3)C[C@H](C)O4)C(=O)C(=O)N2CCOC)c2ccccc21. The van der Waals surface area contributed by atoms with Crippen molar-refractivity contribution in [3.63, 3.8) is 0 Å². The molecule has 0 bridgehead atoms. The smallest absolute Gasteiger partial charge is 0.296 e. The molecule has 2 atom stereocenters. The number of methoxy groups -OCH3 is 1. The molecule has 2 aromatic rings. The lowest BCUT2D eigenvalue weighted by Gasteiger charge is -2.34. The Morgan fingerprint density at radius 3 is 2.69 bits per heavy atom. The predicted octanol–water partition coefficient (Wildman–Crippen LogP) is 2.99. The molecular weight excluding hydrogens is 448 g/mol. The van der Waals surface area contributed by atoms with E-state index in [4.69, 9.17) is 9.47 Å². The van der Waals surface area contributed by atoms with Crippen molar-refractivity contribution in [2.45, 2.75) is 38.3 Å². The molecular formula is C27H28N2O6. The average molecular weight is 477 g/mol. The number of amides is 2. The standard InChI is InChI=1S/C27H28N2O6/c1-4-11-28-20-8-6-5-7-19(20)27(26(28)33)22(24(31)25(32)29(27)12-13-34-3)23(30)17-9-10-21-18(15-17)14-16(2)35-21/h5-10,15-16,30H,4,11-14H2,1-3H3/t16-,27+/m0/s1. The van der Waals surface area contributed by atoms with Gasteiger partial charge in [0, 0.05) is 37.7 Å². The number of aliphatic hydroxyl groups is 1. The highest BCUT2D eigenvalue weighted by Gasteiger charge is 2.66. The Morgan fingerprint density at radius 1 is 1.17 bits per heavy atom. The number of ether oxygens (including phenoxy) is 2. The van der Waals surface area contributed by atoms with E-state index in [1.165, 1.54) is 12.0 Å². The van der Waals surface area contributed by atoms with Crippen molar-refractivity contribution >= 4 is 29.0 Å². The Bertz CT molecular complexity index is 1270. The fraction of sp³-hybridized carbons (Fsp3) is 0.370. The molecule has 1 fully saturated rings.